The third-order valence-corrected chi connectivity index (χ3v) is 3.51. The average molecular weight is 285 g/mol. The lowest BCUT2D eigenvalue weighted by Crippen LogP contribution is -2.25. The predicted molar refractivity (Wildman–Crippen MR) is 58.4 cm³/mol. The summed E-state index contributed by atoms with van der Waals surface area (Å²) in [5.74, 6) is -1.05. The van der Waals surface area contributed by atoms with E-state index in [0.717, 1.165) is 12.1 Å². The lowest BCUT2D eigenvalue weighted by Gasteiger charge is -2.16. The average Bonchev–Trinajstić information content (AvgIpc) is 2.18. The van der Waals surface area contributed by atoms with Gasteiger partial charge < -0.3 is 5.32 Å². The Kier molecular flexibility index (Phi) is 3.89. The second-order valence-corrected chi connectivity index (χ2v) is 5.80. The monoisotopic (exact) mass is 285 g/mol. The van der Waals surface area contributed by atoms with Crippen molar-refractivity contribution in [2.75, 3.05) is 5.32 Å². The zero-order valence-corrected chi connectivity index (χ0v) is 10.4. The van der Waals surface area contributed by atoms with Gasteiger partial charge in [-0.05, 0) is 32.0 Å². The van der Waals surface area contributed by atoms with Crippen LogP contribution in [0.15, 0.2) is 23.1 Å². The minimum atomic E-state index is -5.58. The maximum Gasteiger partial charge on any atom is 0.501 e. The Bertz CT molecular complexity index is 537. The molecule has 0 fully saturated rings. The first-order valence-electron chi connectivity index (χ1n) is 4.93. The number of alkyl halides is 3. The third kappa shape index (κ3) is 2.92. The van der Waals surface area contributed by atoms with Gasteiger partial charge in [-0.2, -0.15) is 13.2 Å². The summed E-state index contributed by atoms with van der Waals surface area (Å²) in [5.41, 5.74) is -5.74. The highest BCUT2D eigenvalue weighted by atomic mass is 32.2. The number of rotatable bonds is 3. The highest BCUT2D eigenvalue weighted by Crippen LogP contribution is 2.34. The normalized spacial score (nSPS) is 12.8. The smallest absolute Gasteiger partial charge is 0.382 e. The Morgan fingerprint density at radius 3 is 2.22 bits per heavy atom. The molecule has 102 valence electrons. The van der Waals surface area contributed by atoms with Crippen molar-refractivity contribution in [2.45, 2.75) is 30.3 Å². The Morgan fingerprint density at radius 2 is 1.78 bits per heavy atom. The van der Waals surface area contributed by atoms with E-state index < -0.39 is 26.1 Å². The standard InChI is InChI=1S/C10H11F4NO2S/c1-6(2)15-8-4-3-7(11)5-9(8)18(16,17)10(12,13)14/h3-6,15H,1-2H3. The molecule has 0 aliphatic heterocycles. The minimum Gasteiger partial charge on any atom is -0.382 e. The van der Waals surface area contributed by atoms with Crippen LogP contribution in [0.4, 0.5) is 23.2 Å². The van der Waals surface area contributed by atoms with Crippen LogP contribution in [-0.2, 0) is 9.84 Å². The van der Waals surface area contributed by atoms with Gasteiger partial charge in [-0.3, -0.25) is 0 Å². The zero-order valence-electron chi connectivity index (χ0n) is 9.55. The number of anilines is 1. The van der Waals surface area contributed by atoms with E-state index in [1.807, 2.05) is 0 Å². The molecule has 1 N–H and O–H groups in total. The molecule has 3 nitrogen and oxygen atoms in total. The van der Waals surface area contributed by atoms with Crippen molar-refractivity contribution in [3.63, 3.8) is 0 Å². The molecule has 0 saturated heterocycles. The first-order chi connectivity index (χ1) is 8.05. The number of hydrogen-bond acceptors (Lipinski definition) is 3. The molecule has 0 heterocycles. The second kappa shape index (κ2) is 4.75. The number of halogens is 4. The fourth-order valence-electron chi connectivity index (χ4n) is 1.27. The van der Waals surface area contributed by atoms with Crippen LogP contribution in [0.1, 0.15) is 13.8 Å². The second-order valence-electron chi connectivity index (χ2n) is 3.89. The van der Waals surface area contributed by atoms with Crippen molar-refractivity contribution in [3.05, 3.63) is 24.0 Å². The van der Waals surface area contributed by atoms with Gasteiger partial charge in [0.2, 0.25) is 0 Å². The molecule has 1 aromatic carbocycles. The molecule has 0 radical (unpaired) electrons. The molecular weight excluding hydrogens is 274 g/mol. The summed E-state index contributed by atoms with van der Waals surface area (Å²) in [6, 6.07) is 1.92. The number of nitrogens with one attached hydrogen (secondary N) is 1. The molecule has 0 saturated carbocycles. The van der Waals surface area contributed by atoms with E-state index in [4.69, 9.17) is 0 Å². The van der Waals surface area contributed by atoms with Gasteiger partial charge in [-0.15, -0.1) is 0 Å². The molecule has 0 aliphatic rings. The Hall–Kier alpha value is -1.31. The summed E-state index contributed by atoms with van der Waals surface area (Å²) >= 11 is 0. The van der Waals surface area contributed by atoms with E-state index >= 15 is 0 Å². The van der Waals surface area contributed by atoms with Crippen molar-refractivity contribution in [1.29, 1.82) is 0 Å². The first-order valence-corrected chi connectivity index (χ1v) is 6.41. The van der Waals surface area contributed by atoms with Crippen LogP contribution >= 0.6 is 0 Å². The summed E-state index contributed by atoms with van der Waals surface area (Å²) in [5, 5.41) is 2.53. The van der Waals surface area contributed by atoms with E-state index in [1.54, 1.807) is 13.8 Å². The number of sulfone groups is 1. The van der Waals surface area contributed by atoms with Crippen LogP contribution < -0.4 is 5.32 Å². The minimum absolute atomic E-state index is 0.274. The number of benzene rings is 1. The van der Waals surface area contributed by atoms with Crippen molar-refractivity contribution >= 4 is 15.5 Å². The van der Waals surface area contributed by atoms with Crippen LogP contribution in [0.3, 0.4) is 0 Å². The Labute approximate surface area is 102 Å². The van der Waals surface area contributed by atoms with Gasteiger partial charge in [-0.1, -0.05) is 0 Å². The third-order valence-electron chi connectivity index (χ3n) is 1.98. The fourth-order valence-corrected chi connectivity index (χ4v) is 2.21. The maximum atomic E-state index is 12.9. The molecule has 1 aromatic rings. The van der Waals surface area contributed by atoms with Gasteiger partial charge in [0.25, 0.3) is 9.84 Å². The van der Waals surface area contributed by atoms with Crippen molar-refractivity contribution in [2.24, 2.45) is 0 Å². The zero-order chi connectivity index (χ0) is 14.1. The van der Waals surface area contributed by atoms with E-state index in [9.17, 15) is 26.0 Å². The van der Waals surface area contributed by atoms with E-state index in [1.165, 1.54) is 0 Å². The predicted octanol–water partition coefficient (Wildman–Crippen LogP) is 2.94. The Balaban J connectivity index is 3.43. The first kappa shape index (κ1) is 14.7. The molecular formula is C10H11F4NO2S. The van der Waals surface area contributed by atoms with Gasteiger partial charge in [0, 0.05) is 6.04 Å². The molecule has 0 spiro atoms. The van der Waals surface area contributed by atoms with Gasteiger partial charge in [-0.25, -0.2) is 12.8 Å². The molecule has 0 amide bonds. The van der Waals surface area contributed by atoms with Gasteiger partial charge in [0.1, 0.15) is 10.7 Å². The highest BCUT2D eigenvalue weighted by molar-refractivity contribution is 7.92. The molecule has 18 heavy (non-hydrogen) atoms. The molecule has 8 heteroatoms. The van der Waals surface area contributed by atoms with Crippen molar-refractivity contribution in [3.8, 4) is 0 Å². The van der Waals surface area contributed by atoms with Crippen LogP contribution in [0.2, 0.25) is 0 Å². The summed E-state index contributed by atoms with van der Waals surface area (Å²) in [7, 11) is -5.58. The van der Waals surface area contributed by atoms with Gasteiger partial charge in [0.15, 0.2) is 0 Å². The lowest BCUT2D eigenvalue weighted by atomic mass is 10.3. The molecule has 0 aliphatic carbocycles. The fraction of sp³-hybridized carbons (Fsp3) is 0.400. The summed E-state index contributed by atoms with van der Waals surface area (Å²) in [4.78, 5) is -1.11. The van der Waals surface area contributed by atoms with Crippen LogP contribution in [0.25, 0.3) is 0 Å². The van der Waals surface area contributed by atoms with Crippen LogP contribution in [-0.4, -0.2) is 20.0 Å². The number of hydrogen-bond donors (Lipinski definition) is 1. The van der Waals surface area contributed by atoms with Gasteiger partial charge >= 0.3 is 5.51 Å². The molecule has 0 aromatic heterocycles. The van der Waals surface area contributed by atoms with Crippen molar-refractivity contribution in [1.82, 2.24) is 0 Å². The molecule has 0 unspecified atom stereocenters. The molecule has 0 bridgehead atoms. The highest BCUT2D eigenvalue weighted by Gasteiger charge is 2.48. The summed E-state index contributed by atoms with van der Waals surface area (Å²) in [6.45, 7) is 3.24. The van der Waals surface area contributed by atoms with Crippen LogP contribution in [0, 0.1) is 5.82 Å². The summed E-state index contributed by atoms with van der Waals surface area (Å²) < 4.78 is 72.8. The van der Waals surface area contributed by atoms with E-state index in [0.29, 0.717) is 6.07 Å². The lowest BCUT2D eigenvalue weighted by molar-refractivity contribution is -0.0435. The SMILES string of the molecule is CC(C)Nc1ccc(F)cc1S(=O)(=O)C(F)(F)F. The van der Waals surface area contributed by atoms with Gasteiger partial charge in [0.05, 0.1) is 5.69 Å². The van der Waals surface area contributed by atoms with E-state index in [-0.39, 0.29) is 11.7 Å². The summed E-state index contributed by atoms with van der Waals surface area (Å²) in [6.07, 6.45) is 0. The van der Waals surface area contributed by atoms with Crippen molar-refractivity contribution < 1.29 is 26.0 Å². The quantitative estimate of drug-likeness (QED) is 0.869. The topological polar surface area (TPSA) is 46.2 Å². The largest absolute Gasteiger partial charge is 0.501 e. The molecule has 0 atom stereocenters. The molecule has 1 rings (SSSR count). The maximum absolute atomic E-state index is 12.9. The van der Waals surface area contributed by atoms with E-state index in [2.05, 4.69) is 5.32 Å². The Morgan fingerprint density at radius 1 is 1.22 bits per heavy atom. The van der Waals surface area contributed by atoms with Crippen LogP contribution in [0.5, 0.6) is 0 Å².